The minimum absolute atomic E-state index is 0.687. The third kappa shape index (κ3) is 1.87. The Morgan fingerprint density at radius 1 is 1.15 bits per heavy atom. The Balaban J connectivity index is 1.79. The molecule has 2 atom stereocenters. The highest BCUT2D eigenvalue weighted by atomic mass is 15.4. The lowest BCUT2D eigenvalue weighted by Crippen LogP contribution is -2.47. The first-order valence-electron chi connectivity index (χ1n) is 7.77. The molecule has 1 saturated carbocycles. The molecule has 0 N–H and O–H groups in total. The van der Waals surface area contributed by atoms with Crippen LogP contribution in [0.3, 0.4) is 0 Å². The van der Waals surface area contributed by atoms with Crippen LogP contribution in [-0.2, 0) is 0 Å². The summed E-state index contributed by atoms with van der Waals surface area (Å²) < 4.78 is 1.91. The first-order valence-corrected chi connectivity index (χ1v) is 7.77. The molecule has 0 spiro atoms. The summed E-state index contributed by atoms with van der Waals surface area (Å²) in [6.45, 7) is 3.18. The minimum atomic E-state index is 0.687. The molecule has 2 fully saturated rings. The van der Waals surface area contributed by atoms with Gasteiger partial charge in [-0.2, -0.15) is 14.6 Å². The average Bonchev–Trinajstić information content (AvgIpc) is 2.94. The Morgan fingerprint density at radius 2 is 2.00 bits per heavy atom. The third-order valence-electron chi connectivity index (χ3n) is 4.90. The Morgan fingerprint density at radius 3 is 2.95 bits per heavy atom. The zero-order valence-corrected chi connectivity index (χ0v) is 12.0. The van der Waals surface area contributed by atoms with Crippen LogP contribution in [0.25, 0.3) is 5.78 Å². The van der Waals surface area contributed by atoms with Crippen LogP contribution >= 0.6 is 0 Å². The summed E-state index contributed by atoms with van der Waals surface area (Å²) in [7, 11) is 0. The highest BCUT2D eigenvalue weighted by Gasteiger charge is 2.34. The third-order valence-corrected chi connectivity index (χ3v) is 4.90. The molecule has 0 bridgehead atoms. The topological polar surface area (TPSA) is 46.3 Å². The molecule has 1 aliphatic heterocycles. The van der Waals surface area contributed by atoms with Gasteiger partial charge in [0, 0.05) is 24.3 Å². The molecule has 0 aromatic carbocycles. The number of rotatable bonds is 1. The summed E-state index contributed by atoms with van der Waals surface area (Å²) in [5, 5.41) is 4.37. The van der Waals surface area contributed by atoms with Crippen molar-refractivity contribution in [2.75, 3.05) is 11.4 Å². The van der Waals surface area contributed by atoms with E-state index in [-0.39, 0.29) is 0 Å². The summed E-state index contributed by atoms with van der Waals surface area (Å²) in [6, 6.07) is 2.85. The fraction of sp³-hybridized carbons (Fsp3) is 0.667. The van der Waals surface area contributed by atoms with E-state index in [4.69, 9.17) is 0 Å². The Bertz CT molecular complexity index is 618. The second-order valence-electron chi connectivity index (χ2n) is 6.18. The first-order chi connectivity index (χ1) is 9.83. The predicted molar refractivity (Wildman–Crippen MR) is 77.8 cm³/mol. The maximum Gasteiger partial charge on any atom is 0.254 e. The molecule has 0 radical (unpaired) electrons. The predicted octanol–water partition coefficient (Wildman–Crippen LogP) is 2.59. The maximum atomic E-state index is 4.46. The molecule has 2 aromatic heterocycles. The number of hydrogen-bond acceptors (Lipinski definition) is 4. The summed E-state index contributed by atoms with van der Waals surface area (Å²) in [4.78, 5) is 11.3. The summed E-state index contributed by atoms with van der Waals surface area (Å²) in [5.41, 5.74) is 1.03. The van der Waals surface area contributed by atoms with Gasteiger partial charge in [-0.05, 0) is 38.5 Å². The van der Waals surface area contributed by atoms with E-state index < -0.39 is 0 Å². The Kier molecular flexibility index (Phi) is 2.86. The molecule has 0 amide bonds. The molecular formula is C15H21N5. The number of nitrogens with zero attached hydrogens (tertiary/aromatic N) is 5. The van der Waals surface area contributed by atoms with E-state index in [0.29, 0.717) is 6.04 Å². The molecular weight excluding hydrogens is 250 g/mol. The molecule has 1 aliphatic carbocycles. The number of hydrogen-bond donors (Lipinski definition) is 0. The fourth-order valence-corrected chi connectivity index (χ4v) is 4.03. The van der Waals surface area contributed by atoms with Crippen molar-refractivity contribution < 1.29 is 0 Å². The number of aromatic nitrogens is 4. The van der Waals surface area contributed by atoms with Crippen LogP contribution in [0.5, 0.6) is 0 Å². The van der Waals surface area contributed by atoms with Crippen molar-refractivity contribution in [2.45, 2.75) is 51.5 Å². The second kappa shape index (κ2) is 4.72. The molecule has 106 valence electrons. The smallest absolute Gasteiger partial charge is 0.254 e. The highest BCUT2D eigenvalue weighted by Crippen LogP contribution is 2.37. The molecule has 2 aromatic rings. The molecule has 3 heterocycles. The molecule has 2 unspecified atom stereocenters. The highest BCUT2D eigenvalue weighted by molar-refractivity contribution is 5.48. The van der Waals surface area contributed by atoms with Gasteiger partial charge in [0.05, 0.1) is 0 Å². The molecule has 20 heavy (non-hydrogen) atoms. The lowest BCUT2D eigenvalue weighted by atomic mass is 9.78. The van der Waals surface area contributed by atoms with Gasteiger partial charge < -0.3 is 4.90 Å². The van der Waals surface area contributed by atoms with Crippen LogP contribution < -0.4 is 4.90 Å². The van der Waals surface area contributed by atoms with Gasteiger partial charge in [0.25, 0.3) is 5.78 Å². The van der Waals surface area contributed by atoms with E-state index >= 15 is 0 Å². The van der Waals surface area contributed by atoms with E-state index in [2.05, 4.69) is 26.0 Å². The average molecular weight is 271 g/mol. The van der Waals surface area contributed by atoms with Crippen molar-refractivity contribution in [1.29, 1.82) is 0 Å². The molecule has 5 heteroatoms. The van der Waals surface area contributed by atoms with Crippen LogP contribution in [-0.4, -0.2) is 32.2 Å². The van der Waals surface area contributed by atoms with Crippen LogP contribution in [0.4, 0.5) is 5.82 Å². The van der Waals surface area contributed by atoms with Crippen LogP contribution in [0, 0.1) is 12.8 Å². The van der Waals surface area contributed by atoms with E-state index in [9.17, 15) is 0 Å². The van der Waals surface area contributed by atoms with Gasteiger partial charge >= 0.3 is 0 Å². The zero-order chi connectivity index (χ0) is 13.5. The van der Waals surface area contributed by atoms with Crippen molar-refractivity contribution >= 4 is 11.6 Å². The normalized spacial score (nSPS) is 26.8. The molecule has 1 saturated heterocycles. The van der Waals surface area contributed by atoms with Gasteiger partial charge in [-0.1, -0.05) is 12.8 Å². The Labute approximate surface area is 119 Å². The van der Waals surface area contributed by atoms with Crippen LogP contribution in [0.15, 0.2) is 12.4 Å². The minimum Gasteiger partial charge on any atom is -0.353 e. The van der Waals surface area contributed by atoms with Crippen molar-refractivity contribution in [1.82, 2.24) is 19.6 Å². The van der Waals surface area contributed by atoms with Crippen molar-refractivity contribution in [2.24, 2.45) is 5.92 Å². The van der Waals surface area contributed by atoms with Gasteiger partial charge in [0.15, 0.2) is 0 Å². The second-order valence-corrected chi connectivity index (χ2v) is 6.18. The molecule has 4 rings (SSSR count). The van der Waals surface area contributed by atoms with Crippen LogP contribution in [0.2, 0.25) is 0 Å². The molecule has 2 aliphatic rings. The number of piperidine rings is 1. The van der Waals surface area contributed by atoms with Crippen molar-refractivity contribution in [3.8, 4) is 0 Å². The van der Waals surface area contributed by atoms with E-state index in [1.54, 1.807) is 6.33 Å². The van der Waals surface area contributed by atoms with Crippen LogP contribution in [0.1, 0.15) is 44.2 Å². The van der Waals surface area contributed by atoms with E-state index in [0.717, 1.165) is 23.9 Å². The largest absolute Gasteiger partial charge is 0.353 e. The van der Waals surface area contributed by atoms with Gasteiger partial charge in [0.1, 0.15) is 12.1 Å². The summed E-state index contributed by atoms with van der Waals surface area (Å²) in [5.74, 6) is 2.77. The van der Waals surface area contributed by atoms with Gasteiger partial charge in [0.2, 0.25) is 0 Å². The first kappa shape index (κ1) is 12.1. The maximum absolute atomic E-state index is 4.46. The lowest BCUT2D eigenvalue weighted by molar-refractivity contribution is 0.242. The van der Waals surface area contributed by atoms with Gasteiger partial charge in [-0.3, -0.25) is 0 Å². The van der Waals surface area contributed by atoms with Gasteiger partial charge in [-0.15, -0.1) is 0 Å². The number of aryl methyl sites for hydroxylation is 1. The standard InChI is InChI=1S/C15H21N5/c1-11-9-14(20-15(18-11)16-10-17-20)19-8-4-6-12-5-2-3-7-13(12)19/h9-10,12-13H,2-8H2,1H3. The quantitative estimate of drug-likeness (QED) is 0.800. The zero-order valence-electron chi connectivity index (χ0n) is 12.0. The SMILES string of the molecule is Cc1cc(N2CCCC3CCCCC32)n2ncnc2n1. The monoisotopic (exact) mass is 271 g/mol. The van der Waals surface area contributed by atoms with Gasteiger partial charge in [-0.25, -0.2) is 4.98 Å². The van der Waals surface area contributed by atoms with Crippen molar-refractivity contribution in [3.63, 3.8) is 0 Å². The summed E-state index contributed by atoms with van der Waals surface area (Å²) in [6.07, 6.45) is 9.78. The lowest BCUT2D eigenvalue weighted by Gasteiger charge is -2.45. The fourth-order valence-electron chi connectivity index (χ4n) is 4.03. The number of anilines is 1. The van der Waals surface area contributed by atoms with E-state index in [1.807, 2.05) is 11.4 Å². The van der Waals surface area contributed by atoms with E-state index in [1.165, 1.54) is 44.3 Å². The molecule has 5 nitrogen and oxygen atoms in total. The Hall–Kier alpha value is -1.65. The summed E-state index contributed by atoms with van der Waals surface area (Å²) >= 11 is 0. The number of fused-ring (bicyclic) bond motifs is 2. The van der Waals surface area contributed by atoms with Crippen molar-refractivity contribution in [3.05, 3.63) is 18.1 Å².